The normalized spacial score (nSPS) is 11.2. The van der Waals surface area contributed by atoms with Gasteiger partial charge in [-0.15, -0.1) is 0 Å². The molecule has 1 amide bonds. The summed E-state index contributed by atoms with van der Waals surface area (Å²) in [4.78, 5) is 12.4. The van der Waals surface area contributed by atoms with Gasteiger partial charge in [-0.25, -0.2) is 5.43 Å². The topological polar surface area (TPSA) is 50.7 Å². The molecule has 160 valence electrons. The van der Waals surface area contributed by atoms with Gasteiger partial charge in [0.2, 0.25) is 0 Å². The van der Waals surface area contributed by atoms with Gasteiger partial charge in [0.25, 0.3) is 5.91 Å². The van der Waals surface area contributed by atoms with Crippen molar-refractivity contribution in [3.63, 3.8) is 0 Å². The van der Waals surface area contributed by atoms with E-state index >= 15 is 0 Å². The van der Waals surface area contributed by atoms with E-state index in [1.807, 2.05) is 72.8 Å². The van der Waals surface area contributed by atoms with E-state index in [0.717, 1.165) is 21.9 Å². The second-order valence-electron chi connectivity index (χ2n) is 7.69. The molecule has 0 spiro atoms. The van der Waals surface area contributed by atoms with Crippen LogP contribution in [0.2, 0.25) is 0 Å². The van der Waals surface area contributed by atoms with Crippen molar-refractivity contribution < 1.29 is 9.53 Å². The standard InChI is InChI=1S/C29H22N2O2/c32-29(23-11-2-1-3-12-23)31-30-19-27-26-16-7-5-10-22(26)17-18-28(27)33-20-24-14-8-13-21-9-4-6-15-25(21)24/h1-19H,20H2,(H,31,32)/b30-19-. The highest BCUT2D eigenvalue weighted by Crippen LogP contribution is 2.28. The zero-order valence-electron chi connectivity index (χ0n) is 17.9. The minimum Gasteiger partial charge on any atom is -0.488 e. The zero-order valence-corrected chi connectivity index (χ0v) is 17.9. The lowest BCUT2D eigenvalue weighted by molar-refractivity contribution is 0.0955. The lowest BCUT2D eigenvalue weighted by Gasteiger charge is -2.13. The Kier molecular flexibility index (Phi) is 5.81. The molecule has 0 radical (unpaired) electrons. The van der Waals surface area contributed by atoms with Crippen LogP contribution in [0.25, 0.3) is 21.5 Å². The third-order valence-corrected chi connectivity index (χ3v) is 5.59. The molecule has 5 aromatic carbocycles. The van der Waals surface area contributed by atoms with Gasteiger partial charge < -0.3 is 4.74 Å². The maximum atomic E-state index is 12.4. The second-order valence-corrected chi connectivity index (χ2v) is 7.69. The largest absolute Gasteiger partial charge is 0.488 e. The van der Waals surface area contributed by atoms with Crippen molar-refractivity contribution >= 4 is 33.7 Å². The summed E-state index contributed by atoms with van der Waals surface area (Å²) < 4.78 is 6.28. The first kappa shape index (κ1) is 20.5. The number of amides is 1. The molecule has 0 heterocycles. The molecule has 1 N–H and O–H groups in total. The van der Waals surface area contributed by atoms with Gasteiger partial charge in [0, 0.05) is 11.1 Å². The maximum absolute atomic E-state index is 12.4. The number of rotatable bonds is 6. The lowest BCUT2D eigenvalue weighted by atomic mass is 10.0. The number of carbonyl (C=O) groups is 1. The van der Waals surface area contributed by atoms with E-state index in [1.54, 1.807) is 18.3 Å². The highest BCUT2D eigenvalue weighted by Gasteiger charge is 2.09. The lowest BCUT2D eigenvalue weighted by Crippen LogP contribution is -2.17. The van der Waals surface area contributed by atoms with E-state index < -0.39 is 0 Å². The van der Waals surface area contributed by atoms with Crippen LogP contribution in [-0.2, 0) is 6.61 Å². The van der Waals surface area contributed by atoms with E-state index in [0.29, 0.717) is 17.9 Å². The molecule has 33 heavy (non-hydrogen) atoms. The van der Waals surface area contributed by atoms with Crippen molar-refractivity contribution in [1.29, 1.82) is 0 Å². The van der Waals surface area contributed by atoms with Crippen LogP contribution >= 0.6 is 0 Å². The molecule has 0 aliphatic carbocycles. The Morgan fingerprint density at radius 1 is 0.727 bits per heavy atom. The Morgan fingerprint density at radius 3 is 2.21 bits per heavy atom. The summed E-state index contributed by atoms with van der Waals surface area (Å²) in [6.07, 6.45) is 1.65. The summed E-state index contributed by atoms with van der Waals surface area (Å²) in [6, 6.07) is 35.6. The van der Waals surface area contributed by atoms with Gasteiger partial charge in [0.15, 0.2) is 0 Å². The van der Waals surface area contributed by atoms with Gasteiger partial charge in [-0.3, -0.25) is 4.79 Å². The molecule has 0 aromatic heterocycles. The summed E-state index contributed by atoms with van der Waals surface area (Å²) in [5.41, 5.74) is 5.10. The molecule has 0 aliphatic rings. The molecular formula is C29H22N2O2. The summed E-state index contributed by atoms with van der Waals surface area (Å²) in [5.74, 6) is 0.449. The molecule has 0 fully saturated rings. The van der Waals surface area contributed by atoms with Gasteiger partial charge in [-0.1, -0.05) is 91.0 Å². The maximum Gasteiger partial charge on any atom is 0.271 e. The van der Waals surface area contributed by atoms with Gasteiger partial charge >= 0.3 is 0 Å². The minimum absolute atomic E-state index is 0.259. The number of hydrogen-bond acceptors (Lipinski definition) is 3. The van der Waals surface area contributed by atoms with E-state index in [9.17, 15) is 4.79 Å². The summed E-state index contributed by atoms with van der Waals surface area (Å²) in [6.45, 7) is 0.427. The predicted octanol–water partition coefficient (Wildman–Crippen LogP) is 6.34. The fourth-order valence-electron chi connectivity index (χ4n) is 3.92. The van der Waals surface area contributed by atoms with Gasteiger partial charge in [0.05, 0.1) is 6.21 Å². The molecule has 0 unspecified atom stereocenters. The van der Waals surface area contributed by atoms with E-state index in [2.05, 4.69) is 34.8 Å². The number of hydrazone groups is 1. The first-order chi connectivity index (χ1) is 16.3. The summed E-state index contributed by atoms with van der Waals surface area (Å²) in [7, 11) is 0. The third-order valence-electron chi connectivity index (χ3n) is 5.59. The van der Waals surface area contributed by atoms with Crippen molar-refractivity contribution in [2.45, 2.75) is 6.61 Å². The molecule has 0 aliphatic heterocycles. The zero-order chi connectivity index (χ0) is 22.5. The smallest absolute Gasteiger partial charge is 0.271 e. The van der Waals surface area contributed by atoms with Crippen molar-refractivity contribution in [3.8, 4) is 5.75 Å². The Bertz CT molecular complexity index is 1450. The first-order valence-electron chi connectivity index (χ1n) is 10.8. The van der Waals surface area contributed by atoms with Crippen LogP contribution in [0.4, 0.5) is 0 Å². The molecule has 5 aromatic rings. The highest BCUT2D eigenvalue weighted by molar-refractivity contribution is 6.03. The Hall–Kier alpha value is -4.44. The Labute approximate surface area is 192 Å². The van der Waals surface area contributed by atoms with Crippen LogP contribution < -0.4 is 10.2 Å². The number of benzene rings is 5. The van der Waals surface area contributed by atoms with Crippen LogP contribution in [0.1, 0.15) is 21.5 Å². The van der Waals surface area contributed by atoms with Gasteiger partial charge in [-0.2, -0.15) is 5.10 Å². The Morgan fingerprint density at radius 2 is 1.39 bits per heavy atom. The van der Waals surface area contributed by atoms with Gasteiger partial charge in [-0.05, 0) is 45.3 Å². The van der Waals surface area contributed by atoms with Crippen molar-refractivity contribution in [3.05, 3.63) is 126 Å². The Balaban J connectivity index is 1.44. The minimum atomic E-state index is -0.259. The molecule has 5 rings (SSSR count). The van der Waals surface area contributed by atoms with Crippen molar-refractivity contribution in [2.75, 3.05) is 0 Å². The van der Waals surface area contributed by atoms with E-state index in [1.165, 1.54) is 10.8 Å². The van der Waals surface area contributed by atoms with E-state index in [4.69, 9.17) is 4.74 Å². The van der Waals surface area contributed by atoms with Crippen LogP contribution in [0.3, 0.4) is 0 Å². The number of ether oxygens (including phenoxy) is 1. The highest BCUT2D eigenvalue weighted by atomic mass is 16.5. The van der Waals surface area contributed by atoms with E-state index in [-0.39, 0.29) is 5.91 Å². The van der Waals surface area contributed by atoms with Crippen LogP contribution in [0, 0.1) is 0 Å². The molecule has 0 bridgehead atoms. The first-order valence-corrected chi connectivity index (χ1v) is 10.8. The second kappa shape index (κ2) is 9.37. The van der Waals surface area contributed by atoms with Gasteiger partial charge in [0.1, 0.15) is 12.4 Å². The monoisotopic (exact) mass is 430 g/mol. The number of nitrogens with one attached hydrogen (secondary N) is 1. The number of carbonyl (C=O) groups excluding carboxylic acids is 1. The third kappa shape index (κ3) is 4.46. The van der Waals surface area contributed by atoms with Crippen LogP contribution in [0.15, 0.2) is 114 Å². The molecule has 0 saturated carbocycles. The predicted molar refractivity (Wildman–Crippen MR) is 134 cm³/mol. The quantitative estimate of drug-likeness (QED) is 0.253. The van der Waals surface area contributed by atoms with Crippen molar-refractivity contribution in [1.82, 2.24) is 5.43 Å². The average molecular weight is 431 g/mol. The van der Waals surface area contributed by atoms with Crippen LogP contribution in [0.5, 0.6) is 5.75 Å². The van der Waals surface area contributed by atoms with Crippen LogP contribution in [-0.4, -0.2) is 12.1 Å². The molecule has 0 atom stereocenters. The average Bonchev–Trinajstić information content (AvgIpc) is 2.88. The summed E-state index contributed by atoms with van der Waals surface area (Å²) in [5, 5.41) is 8.66. The fourth-order valence-corrected chi connectivity index (χ4v) is 3.92. The number of hydrogen-bond donors (Lipinski definition) is 1. The molecular weight excluding hydrogens is 408 g/mol. The molecule has 4 nitrogen and oxygen atoms in total. The SMILES string of the molecule is O=C(N/N=C\c1c(OCc2cccc3ccccc23)ccc2ccccc12)c1ccccc1. The molecule has 0 saturated heterocycles. The summed E-state index contributed by atoms with van der Waals surface area (Å²) >= 11 is 0. The van der Waals surface area contributed by atoms with Crippen molar-refractivity contribution in [2.24, 2.45) is 5.10 Å². The number of nitrogens with zero attached hydrogens (tertiary/aromatic N) is 1. The number of fused-ring (bicyclic) bond motifs is 2. The fraction of sp³-hybridized carbons (Fsp3) is 0.0345. The molecule has 4 heteroatoms.